The smallest absolute Gasteiger partial charge is 0.300 e. The number of anilines is 2. The summed E-state index contributed by atoms with van der Waals surface area (Å²) in [7, 11) is 0. The summed E-state index contributed by atoms with van der Waals surface area (Å²) in [6.45, 7) is 3.78. The highest BCUT2D eigenvalue weighted by atomic mass is 19.1. The maximum atomic E-state index is 13.2. The molecule has 0 aliphatic carbocycles. The van der Waals surface area contributed by atoms with Crippen molar-refractivity contribution < 1.29 is 13.6 Å². The summed E-state index contributed by atoms with van der Waals surface area (Å²) in [5.74, 6) is -0.277. The highest BCUT2D eigenvalue weighted by molar-refractivity contribution is 5.80. The summed E-state index contributed by atoms with van der Waals surface area (Å²) in [5.41, 5.74) is 5.02. The fourth-order valence-corrected chi connectivity index (χ4v) is 2.57. The lowest BCUT2D eigenvalue weighted by molar-refractivity contribution is -0.107. The van der Waals surface area contributed by atoms with Gasteiger partial charge in [0.15, 0.2) is 5.58 Å². The van der Waals surface area contributed by atoms with Gasteiger partial charge in [-0.25, -0.2) is 4.39 Å². The van der Waals surface area contributed by atoms with Crippen LogP contribution in [0, 0.1) is 19.7 Å². The first-order valence-electron chi connectivity index (χ1n) is 7.43. The summed E-state index contributed by atoms with van der Waals surface area (Å²) >= 11 is 0. The van der Waals surface area contributed by atoms with Crippen LogP contribution in [0.3, 0.4) is 0 Å². The number of benzene rings is 2. The largest absolute Gasteiger partial charge is 0.423 e. The molecule has 23 heavy (non-hydrogen) atoms. The van der Waals surface area contributed by atoms with Crippen LogP contribution in [0.2, 0.25) is 0 Å². The minimum atomic E-state index is -0.277. The minimum absolute atomic E-state index is 0.277. The Hall–Kier alpha value is -2.69. The van der Waals surface area contributed by atoms with Crippen LogP contribution in [-0.2, 0) is 11.2 Å². The number of nitrogens with one attached hydrogen (secondary N) is 1. The zero-order chi connectivity index (χ0) is 16.4. The molecule has 0 spiro atoms. The van der Waals surface area contributed by atoms with Crippen LogP contribution >= 0.6 is 0 Å². The fraction of sp³-hybridized carbons (Fsp3) is 0.222. The molecule has 4 nitrogen and oxygen atoms in total. The molecule has 5 heteroatoms. The second kappa shape index (κ2) is 6.20. The summed E-state index contributed by atoms with van der Waals surface area (Å²) < 4.78 is 18.9. The average molecular weight is 312 g/mol. The van der Waals surface area contributed by atoms with Gasteiger partial charge < -0.3 is 14.5 Å². The van der Waals surface area contributed by atoms with E-state index in [2.05, 4.69) is 10.3 Å². The highest BCUT2D eigenvalue weighted by Gasteiger charge is 2.11. The maximum absolute atomic E-state index is 13.2. The molecule has 0 atom stereocenters. The van der Waals surface area contributed by atoms with Crippen molar-refractivity contribution in [3.05, 3.63) is 52.8 Å². The van der Waals surface area contributed by atoms with Crippen LogP contribution in [0.15, 0.2) is 34.7 Å². The number of hydrogen-bond acceptors (Lipinski definition) is 4. The Kier molecular flexibility index (Phi) is 4.10. The molecule has 0 aliphatic rings. The first kappa shape index (κ1) is 15.2. The zero-order valence-corrected chi connectivity index (χ0v) is 13.0. The van der Waals surface area contributed by atoms with Crippen molar-refractivity contribution in [1.82, 2.24) is 4.98 Å². The molecular formula is C18H17FN2O2. The highest BCUT2D eigenvalue weighted by Crippen LogP contribution is 2.27. The van der Waals surface area contributed by atoms with Crippen LogP contribution in [0.25, 0.3) is 11.1 Å². The van der Waals surface area contributed by atoms with E-state index in [4.69, 9.17) is 4.42 Å². The maximum Gasteiger partial charge on any atom is 0.300 e. The number of rotatable bonds is 5. The Morgan fingerprint density at radius 3 is 2.78 bits per heavy atom. The number of nitrogens with zero attached hydrogens (tertiary/aromatic N) is 1. The van der Waals surface area contributed by atoms with Crippen molar-refractivity contribution in [1.29, 1.82) is 0 Å². The Balaban J connectivity index is 1.93. The van der Waals surface area contributed by atoms with Crippen molar-refractivity contribution in [2.24, 2.45) is 0 Å². The number of aldehydes is 1. The molecule has 0 fully saturated rings. The normalized spacial score (nSPS) is 10.9. The van der Waals surface area contributed by atoms with Crippen molar-refractivity contribution in [2.45, 2.75) is 26.7 Å². The number of aryl methyl sites for hydroxylation is 3. The topological polar surface area (TPSA) is 55.1 Å². The first-order valence-corrected chi connectivity index (χ1v) is 7.43. The molecule has 0 unspecified atom stereocenters. The van der Waals surface area contributed by atoms with E-state index in [1.165, 1.54) is 12.1 Å². The van der Waals surface area contributed by atoms with Crippen molar-refractivity contribution in [3.8, 4) is 0 Å². The van der Waals surface area contributed by atoms with Gasteiger partial charge in [0.05, 0.1) is 0 Å². The van der Waals surface area contributed by atoms with Crippen LogP contribution in [0.4, 0.5) is 16.1 Å². The second-order valence-corrected chi connectivity index (χ2v) is 5.57. The van der Waals surface area contributed by atoms with Crippen molar-refractivity contribution >= 4 is 29.1 Å². The number of halogens is 1. The molecule has 0 bridgehead atoms. The molecule has 1 aromatic heterocycles. The summed E-state index contributed by atoms with van der Waals surface area (Å²) in [6, 6.07) is 8.78. The van der Waals surface area contributed by atoms with Gasteiger partial charge in [0, 0.05) is 12.1 Å². The van der Waals surface area contributed by atoms with Gasteiger partial charge in [-0.05, 0) is 61.2 Å². The van der Waals surface area contributed by atoms with Crippen molar-refractivity contribution in [3.63, 3.8) is 0 Å². The predicted molar refractivity (Wildman–Crippen MR) is 87.6 cm³/mol. The third-order valence-corrected chi connectivity index (χ3v) is 3.73. The molecule has 0 saturated heterocycles. The molecule has 3 rings (SSSR count). The van der Waals surface area contributed by atoms with Gasteiger partial charge in [0.25, 0.3) is 6.01 Å². The first-order chi connectivity index (χ1) is 11.1. The van der Waals surface area contributed by atoms with E-state index in [0.717, 1.165) is 34.2 Å². The number of carbonyl (C=O) groups excluding carboxylic acids is 1. The van der Waals surface area contributed by atoms with Gasteiger partial charge in [0.2, 0.25) is 0 Å². The molecule has 118 valence electrons. The predicted octanol–water partition coefficient (Wildman–Crippen LogP) is 4.46. The lowest BCUT2D eigenvalue weighted by Gasteiger charge is -2.05. The number of fused-ring (bicyclic) bond motifs is 1. The SMILES string of the molecule is Cc1cc(F)ccc1Nc1nc2c(C)cc(CCC=O)cc2o1. The minimum Gasteiger partial charge on any atom is -0.423 e. The number of hydrogen-bond donors (Lipinski definition) is 1. The Morgan fingerprint density at radius 2 is 2.04 bits per heavy atom. The Labute approximate surface area is 133 Å². The number of carbonyl (C=O) groups is 1. The molecule has 0 amide bonds. The van der Waals surface area contributed by atoms with E-state index in [9.17, 15) is 9.18 Å². The Morgan fingerprint density at radius 1 is 1.22 bits per heavy atom. The molecule has 0 aliphatic heterocycles. The fourth-order valence-electron chi connectivity index (χ4n) is 2.57. The van der Waals surface area contributed by atoms with E-state index in [1.807, 2.05) is 26.0 Å². The molecule has 3 aromatic rings. The van der Waals surface area contributed by atoms with Gasteiger partial charge in [-0.15, -0.1) is 0 Å². The van der Waals surface area contributed by atoms with Gasteiger partial charge in [0.1, 0.15) is 17.6 Å². The summed E-state index contributed by atoms with van der Waals surface area (Å²) in [4.78, 5) is 15.0. The Bertz CT molecular complexity index is 871. The lowest BCUT2D eigenvalue weighted by atomic mass is 10.1. The van der Waals surface area contributed by atoms with Gasteiger partial charge in [-0.3, -0.25) is 0 Å². The van der Waals surface area contributed by atoms with Gasteiger partial charge >= 0.3 is 0 Å². The van der Waals surface area contributed by atoms with Crippen LogP contribution in [0.1, 0.15) is 23.1 Å². The van der Waals surface area contributed by atoms with E-state index in [1.54, 1.807) is 6.07 Å². The average Bonchev–Trinajstić information content (AvgIpc) is 2.91. The molecular weight excluding hydrogens is 295 g/mol. The third-order valence-electron chi connectivity index (χ3n) is 3.73. The molecule has 1 heterocycles. The van der Waals surface area contributed by atoms with Gasteiger partial charge in [-0.1, -0.05) is 6.07 Å². The third kappa shape index (κ3) is 3.23. The monoisotopic (exact) mass is 312 g/mol. The van der Waals surface area contributed by atoms with E-state index in [-0.39, 0.29) is 5.82 Å². The van der Waals surface area contributed by atoms with E-state index < -0.39 is 0 Å². The molecule has 1 N–H and O–H groups in total. The van der Waals surface area contributed by atoms with Gasteiger partial charge in [-0.2, -0.15) is 4.98 Å². The molecule has 0 radical (unpaired) electrons. The second-order valence-electron chi connectivity index (χ2n) is 5.57. The number of oxazole rings is 1. The standard InChI is InChI=1S/C18H17FN2O2/c1-11-9-14(19)5-6-15(11)20-18-21-17-12(2)8-13(4-3-7-22)10-16(17)23-18/h5-10H,3-4H2,1-2H3,(H,20,21). The van der Waals surface area contributed by atoms with Crippen LogP contribution < -0.4 is 5.32 Å². The number of aromatic nitrogens is 1. The summed E-state index contributed by atoms with van der Waals surface area (Å²) in [6.07, 6.45) is 2.07. The van der Waals surface area contributed by atoms with Crippen molar-refractivity contribution in [2.75, 3.05) is 5.32 Å². The quantitative estimate of drug-likeness (QED) is 0.707. The molecule has 0 saturated carbocycles. The lowest BCUT2D eigenvalue weighted by Crippen LogP contribution is -1.93. The zero-order valence-electron chi connectivity index (χ0n) is 13.0. The summed E-state index contributed by atoms with van der Waals surface area (Å²) in [5, 5.41) is 3.08. The van der Waals surface area contributed by atoms with E-state index in [0.29, 0.717) is 24.4 Å². The van der Waals surface area contributed by atoms with E-state index >= 15 is 0 Å². The van der Waals surface area contributed by atoms with Crippen LogP contribution in [-0.4, -0.2) is 11.3 Å². The van der Waals surface area contributed by atoms with Crippen LogP contribution in [0.5, 0.6) is 0 Å². The molecule has 2 aromatic carbocycles.